The van der Waals surface area contributed by atoms with Gasteiger partial charge in [-0.05, 0) is 31.5 Å². The Hall–Kier alpha value is -3.27. The van der Waals surface area contributed by atoms with Crippen LogP contribution in [0.15, 0.2) is 47.4 Å². The molecule has 2 amide bonds. The third-order valence-corrected chi connectivity index (χ3v) is 6.19. The fourth-order valence-corrected chi connectivity index (χ4v) is 4.51. The van der Waals surface area contributed by atoms with Crippen LogP contribution in [-0.4, -0.2) is 35.5 Å². The van der Waals surface area contributed by atoms with Crippen molar-refractivity contribution in [2.75, 3.05) is 5.32 Å². The summed E-state index contributed by atoms with van der Waals surface area (Å²) in [5.41, 5.74) is 0.507. The summed E-state index contributed by atoms with van der Waals surface area (Å²) in [4.78, 5) is 35.2. The summed E-state index contributed by atoms with van der Waals surface area (Å²) in [6.45, 7) is 2.92. The van der Waals surface area contributed by atoms with Gasteiger partial charge in [-0.25, -0.2) is 12.7 Å². The molecule has 3 rings (SSSR count). The van der Waals surface area contributed by atoms with E-state index in [0.29, 0.717) is 9.87 Å². The Morgan fingerprint density at radius 1 is 1.22 bits per heavy atom. The maximum atomic E-state index is 12.6. The van der Waals surface area contributed by atoms with Gasteiger partial charge in [0.15, 0.2) is 0 Å². The molecule has 0 spiro atoms. The van der Waals surface area contributed by atoms with Crippen LogP contribution in [-0.2, 0) is 14.8 Å². The first-order chi connectivity index (χ1) is 12.6. The molecule has 27 heavy (non-hydrogen) atoms. The number of amides is 2. The van der Waals surface area contributed by atoms with Gasteiger partial charge in [-0.1, -0.05) is 18.2 Å². The molecular weight excluding hydrogens is 374 g/mol. The molecule has 1 aliphatic heterocycles. The minimum atomic E-state index is -4.15. The van der Waals surface area contributed by atoms with E-state index in [-0.39, 0.29) is 21.8 Å². The number of carbonyl (C=O) groups is 2. The molecule has 1 aliphatic rings. The van der Waals surface area contributed by atoms with Gasteiger partial charge in [-0.15, -0.1) is 0 Å². The Balaban J connectivity index is 1.90. The van der Waals surface area contributed by atoms with E-state index in [1.54, 1.807) is 6.92 Å². The second-order valence-corrected chi connectivity index (χ2v) is 7.81. The Labute approximate surface area is 154 Å². The smallest absolute Gasteiger partial charge is 0.271 e. The number of non-ortho nitro benzene ring substituents is 1. The minimum Gasteiger partial charge on any atom is -0.324 e. The van der Waals surface area contributed by atoms with Gasteiger partial charge < -0.3 is 5.32 Å². The summed E-state index contributed by atoms with van der Waals surface area (Å²) in [5, 5.41) is 13.4. The van der Waals surface area contributed by atoms with Gasteiger partial charge in [0.25, 0.3) is 21.6 Å². The Bertz CT molecular complexity index is 1080. The van der Waals surface area contributed by atoms with Gasteiger partial charge in [0, 0.05) is 12.1 Å². The number of carbonyl (C=O) groups excluding carboxylic acids is 2. The van der Waals surface area contributed by atoms with Crippen LogP contribution in [0.25, 0.3) is 0 Å². The van der Waals surface area contributed by atoms with Crippen molar-refractivity contribution in [3.05, 3.63) is 63.7 Å². The lowest BCUT2D eigenvalue weighted by molar-refractivity contribution is -0.384. The fourth-order valence-electron chi connectivity index (χ4n) is 2.79. The van der Waals surface area contributed by atoms with Crippen LogP contribution in [0.5, 0.6) is 0 Å². The number of nitro benzene ring substituents is 1. The number of nitro groups is 1. The number of anilines is 1. The molecule has 9 nitrogen and oxygen atoms in total. The molecule has 0 aromatic heterocycles. The van der Waals surface area contributed by atoms with E-state index in [2.05, 4.69) is 5.32 Å². The summed E-state index contributed by atoms with van der Waals surface area (Å²) in [7, 11) is -4.15. The van der Waals surface area contributed by atoms with E-state index in [0.717, 1.165) is 0 Å². The lowest BCUT2D eigenvalue weighted by atomic mass is 10.1. The summed E-state index contributed by atoms with van der Waals surface area (Å²) in [6.07, 6.45) is 0. The van der Waals surface area contributed by atoms with Crippen LogP contribution in [0, 0.1) is 17.0 Å². The zero-order valence-electron chi connectivity index (χ0n) is 14.4. The molecule has 10 heteroatoms. The van der Waals surface area contributed by atoms with Gasteiger partial charge in [0.1, 0.15) is 10.9 Å². The van der Waals surface area contributed by atoms with Gasteiger partial charge in [0.2, 0.25) is 5.91 Å². The zero-order valence-corrected chi connectivity index (χ0v) is 15.2. The van der Waals surface area contributed by atoms with E-state index >= 15 is 0 Å². The average molecular weight is 389 g/mol. The van der Waals surface area contributed by atoms with Crippen molar-refractivity contribution in [2.45, 2.75) is 24.8 Å². The van der Waals surface area contributed by atoms with Crippen molar-refractivity contribution < 1.29 is 22.9 Å². The predicted molar refractivity (Wildman–Crippen MR) is 95.7 cm³/mol. The molecule has 1 atom stereocenters. The van der Waals surface area contributed by atoms with Gasteiger partial charge >= 0.3 is 0 Å². The number of fused-ring (bicyclic) bond motifs is 1. The molecule has 0 saturated heterocycles. The van der Waals surface area contributed by atoms with Gasteiger partial charge in [0.05, 0.1) is 16.2 Å². The van der Waals surface area contributed by atoms with E-state index in [1.165, 1.54) is 49.4 Å². The SMILES string of the molecule is Cc1ccc([N+](=O)[O-])cc1NC(=O)C(C)N1C(=O)c2ccccc2S1(=O)=O. The van der Waals surface area contributed by atoms with Crippen LogP contribution in [0.1, 0.15) is 22.8 Å². The average Bonchev–Trinajstić information content (AvgIpc) is 2.82. The van der Waals surface area contributed by atoms with Crippen molar-refractivity contribution in [2.24, 2.45) is 0 Å². The Morgan fingerprint density at radius 3 is 2.52 bits per heavy atom. The van der Waals surface area contributed by atoms with Crippen LogP contribution >= 0.6 is 0 Å². The molecule has 0 fully saturated rings. The molecule has 2 aromatic carbocycles. The highest BCUT2D eigenvalue weighted by Crippen LogP contribution is 2.32. The van der Waals surface area contributed by atoms with Crippen molar-refractivity contribution in [1.82, 2.24) is 4.31 Å². The Kier molecular flexibility index (Phi) is 4.44. The number of hydrogen-bond acceptors (Lipinski definition) is 6. The van der Waals surface area contributed by atoms with E-state index < -0.39 is 32.8 Å². The first-order valence-electron chi connectivity index (χ1n) is 7.88. The minimum absolute atomic E-state index is 0.00341. The third kappa shape index (κ3) is 3.04. The highest BCUT2D eigenvalue weighted by molar-refractivity contribution is 7.90. The van der Waals surface area contributed by atoms with Crippen LogP contribution in [0.4, 0.5) is 11.4 Å². The maximum Gasteiger partial charge on any atom is 0.271 e. The van der Waals surface area contributed by atoms with Crippen molar-refractivity contribution in [3.63, 3.8) is 0 Å². The number of rotatable bonds is 4. The second-order valence-electron chi connectivity index (χ2n) is 6.02. The number of sulfonamides is 1. The topological polar surface area (TPSA) is 127 Å². The molecule has 2 aromatic rings. The molecule has 140 valence electrons. The van der Waals surface area contributed by atoms with Gasteiger partial charge in [-0.2, -0.15) is 0 Å². The standard InChI is InChI=1S/C17H15N3O6S/c1-10-7-8-12(20(23)24)9-14(10)18-16(21)11(2)19-17(22)13-5-3-4-6-15(13)27(19,25)26/h3-9,11H,1-2H3,(H,18,21). The molecule has 0 saturated carbocycles. The zero-order chi connectivity index (χ0) is 19.9. The lowest BCUT2D eigenvalue weighted by Gasteiger charge is -2.22. The molecule has 1 heterocycles. The van der Waals surface area contributed by atoms with Crippen molar-refractivity contribution in [3.8, 4) is 0 Å². The summed E-state index contributed by atoms with van der Waals surface area (Å²) in [6, 6.07) is 8.30. The largest absolute Gasteiger partial charge is 0.324 e. The van der Waals surface area contributed by atoms with Crippen molar-refractivity contribution >= 4 is 33.2 Å². The molecule has 1 unspecified atom stereocenters. The number of nitrogens with one attached hydrogen (secondary N) is 1. The predicted octanol–water partition coefficient (Wildman–Crippen LogP) is 2.07. The number of nitrogens with zero attached hydrogens (tertiary/aromatic N) is 2. The summed E-state index contributed by atoms with van der Waals surface area (Å²) >= 11 is 0. The first kappa shape index (κ1) is 18.5. The molecule has 0 aliphatic carbocycles. The number of benzene rings is 2. The number of aryl methyl sites for hydroxylation is 1. The highest BCUT2D eigenvalue weighted by atomic mass is 32.2. The normalized spacial score (nSPS) is 15.9. The number of hydrogen-bond donors (Lipinski definition) is 1. The summed E-state index contributed by atoms with van der Waals surface area (Å²) < 4.78 is 25.8. The molecular formula is C17H15N3O6S. The summed E-state index contributed by atoms with van der Waals surface area (Å²) in [5.74, 6) is -1.56. The van der Waals surface area contributed by atoms with E-state index in [4.69, 9.17) is 0 Å². The van der Waals surface area contributed by atoms with Crippen molar-refractivity contribution in [1.29, 1.82) is 0 Å². The van der Waals surface area contributed by atoms with E-state index in [9.17, 15) is 28.1 Å². The maximum absolute atomic E-state index is 12.6. The van der Waals surface area contributed by atoms with Crippen LogP contribution < -0.4 is 5.32 Å². The monoisotopic (exact) mass is 389 g/mol. The third-order valence-electron chi connectivity index (χ3n) is 4.28. The molecule has 1 N–H and O–H groups in total. The van der Waals surface area contributed by atoms with Crippen LogP contribution in [0.2, 0.25) is 0 Å². The molecule has 0 bridgehead atoms. The molecule has 0 radical (unpaired) electrons. The Morgan fingerprint density at radius 2 is 1.89 bits per heavy atom. The highest BCUT2D eigenvalue weighted by Gasteiger charge is 2.45. The van der Waals surface area contributed by atoms with E-state index in [1.807, 2.05) is 0 Å². The van der Waals surface area contributed by atoms with Crippen LogP contribution in [0.3, 0.4) is 0 Å². The first-order valence-corrected chi connectivity index (χ1v) is 9.32. The van der Waals surface area contributed by atoms with Gasteiger partial charge in [-0.3, -0.25) is 19.7 Å². The quantitative estimate of drug-likeness (QED) is 0.630. The lowest BCUT2D eigenvalue weighted by Crippen LogP contribution is -2.45. The second kappa shape index (κ2) is 6.47. The fraction of sp³-hybridized carbons (Fsp3) is 0.176.